The van der Waals surface area contributed by atoms with Gasteiger partial charge in [-0.25, -0.2) is 0 Å². The summed E-state index contributed by atoms with van der Waals surface area (Å²) in [5.74, 6) is 0. The van der Waals surface area contributed by atoms with Crippen molar-refractivity contribution < 1.29 is 9.47 Å². The maximum absolute atomic E-state index is 5.45. The Kier molecular flexibility index (Phi) is 9.93. The van der Waals surface area contributed by atoms with E-state index < -0.39 is 0 Å². The lowest BCUT2D eigenvalue weighted by Gasteiger charge is -2.17. The molecule has 0 fully saturated rings. The molecule has 0 spiro atoms. The van der Waals surface area contributed by atoms with Gasteiger partial charge in [0.25, 0.3) is 0 Å². The minimum atomic E-state index is 0.432. The van der Waals surface area contributed by atoms with Crippen LogP contribution in [0, 0.1) is 0 Å². The molecule has 0 aliphatic rings. The Morgan fingerprint density at radius 2 is 2.05 bits per heavy atom. The third-order valence-electron chi connectivity index (χ3n) is 3.20. The second-order valence-electron chi connectivity index (χ2n) is 4.78. The molecule has 0 bridgehead atoms. The predicted molar refractivity (Wildman–Crippen MR) is 87.1 cm³/mol. The molecule has 0 aromatic heterocycles. The summed E-state index contributed by atoms with van der Waals surface area (Å²) in [5.41, 5.74) is 1.35. The molecule has 20 heavy (non-hydrogen) atoms. The molecule has 1 aromatic carbocycles. The molecule has 0 saturated heterocycles. The van der Waals surface area contributed by atoms with E-state index in [1.54, 1.807) is 7.11 Å². The first-order valence-electron chi connectivity index (χ1n) is 7.33. The number of hydrogen-bond donors (Lipinski definition) is 1. The Morgan fingerprint density at radius 1 is 1.20 bits per heavy atom. The third kappa shape index (κ3) is 7.39. The van der Waals surface area contributed by atoms with Gasteiger partial charge in [-0.1, -0.05) is 35.0 Å². The van der Waals surface area contributed by atoms with Crippen LogP contribution in [-0.2, 0) is 9.47 Å². The molecule has 0 radical (unpaired) electrons. The van der Waals surface area contributed by atoms with Crippen molar-refractivity contribution >= 4 is 15.9 Å². The number of unbranched alkanes of at least 4 members (excludes halogenated alkanes) is 1. The lowest BCUT2D eigenvalue weighted by Crippen LogP contribution is -2.22. The molecule has 3 nitrogen and oxygen atoms in total. The van der Waals surface area contributed by atoms with E-state index in [2.05, 4.69) is 52.4 Å². The number of benzene rings is 1. The molecule has 1 atom stereocenters. The topological polar surface area (TPSA) is 30.5 Å². The van der Waals surface area contributed by atoms with Gasteiger partial charge in [-0.05, 0) is 43.5 Å². The zero-order valence-corrected chi connectivity index (χ0v) is 14.1. The average molecular weight is 344 g/mol. The molecule has 0 aliphatic heterocycles. The van der Waals surface area contributed by atoms with Crippen molar-refractivity contribution in [1.82, 2.24) is 5.32 Å². The highest BCUT2D eigenvalue weighted by molar-refractivity contribution is 9.10. The number of nitrogens with one attached hydrogen (secondary N) is 1. The largest absolute Gasteiger partial charge is 0.382 e. The van der Waals surface area contributed by atoms with Gasteiger partial charge in [0, 0.05) is 24.2 Å². The van der Waals surface area contributed by atoms with Crippen LogP contribution in [0.25, 0.3) is 0 Å². The zero-order valence-electron chi connectivity index (χ0n) is 12.5. The average Bonchev–Trinajstić information content (AvgIpc) is 2.46. The monoisotopic (exact) mass is 343 g/mol. The third-order valence-corrected chi connectivity index (χ3v) is 3.69. The molecule has 114 valence electrons. The molecule has 1 unspecified atom stereocenters. The van der Waals surface area contributed by atoms with Gasteiger partial charge in [0.2, 0.25) is 0 Å². The fraction of sp³-hybridized carbons (Fsp3) is 0.625. The molecular weight excluding hydrogens is 318 g/mol. The summed E-state index contributed by atoms with van der Waals surface area (Å²) in [6.07, 6.45) is 3.32. The minimum absolute atomic E-state index is 0.432. The molecular formula is C16H26BrNO2. The van der Waals surface area contributed by atoms with Crippen LogP contribution in [0.2, 0.25) is 0 Å². The summed E-state index contributed by atoms with van der Waals surface area (Å²) in [5, 5.41) is 3.61. The first-order chi connectivity index (χ1) is 9.77. The van der Waals surface area contributed by atoms with Gasteiger partial charge in [-0.3, -0.25) is 0 Å². The molecule has 0 saturated carbocycles. The summed E-state index contributed by atoms with van der Waals surface area (Å²) in [7, 11) is 1.69. The van der Waals surface area contributed by atoms with Crippen LogP contribution in [0.4, 0.5) is 0 Å². The Morgan fingerprint density at radius 3 is 2.75 bits per heavy atom. The summed E-state index contributed by atoms with van der Waals surface area (Å²) < 4.78 is 11.5. The second-order valence-corrected chi connectivity index (χ2v) is 5.70. The van der Waals surface area contributed by atoms with E-state index in [-0.39, 0.29) is 0 Å². The maximum Gasteiger partial charge on any atom is 0.0700 e. The molecule has 1 rings (SSSR count). The fourth-order valence-corrected chi connectivity index (χ4v) is 2.49. The summed E-state index contributed by atoms with van der Waals surface area (Å²) in [6.45, 7) is 5.43. The molecule has 1 aromatic rings. The molecule has 0 amide bonds. The molecule has 1 N–H and O–H groups in total. The highest BCUT2D eigenvalue weighted by Crippen LogP contribution is 2.20. The number of ether oxygens (including phenoxy) is 2. The minimum Gasteiger partial charge on any atom is -0.382 e. The number of hydrogen-bond acceptors (Lipinski definition) is 3. The van der Waals surface area contributed by atoms with Gasteiger partial charge in [0.1, 0.15) is 0 Å². The van der Waals surface area contributed by atoms with Crippen molar-refractivity contribution in [3.05, 3.63) is 34.3 Å². The second kappa shape index (κ2) is 11.3. The van der Waals surface area contributed by atoms with Crippen LogP contribution in [0.15, 0.2) is 28.7 Å². The van der Waals surface area contributed by atoms with Crippen molar-refractivity contribution in [3.8, 4) is 0 Å². The molecule has 0 aliphatic carbocycles. The SMILES string of the molecule is CCC(NCCCCOCCOC)c1cccc(Br)c1. The summed E-state index contributed by atoms with van der Waals surface area (Å²) >= 11 is 3.53. The van der Waals surface area contributed by atoms with Gasteiger partial charge in [-0.2, -0.15) is 0 Å². The number of methoxy groups -OCH3 is 1. The normalized spacial score (nSPS) is 12.6. The van der Waals surface area contributed by atoms with Crippen molar-refractivity contribution in [1.29, 1.82) is 0 Å². The Hall–Kier alpha value is -0.420. The van der Waals surface area contributed by atoms with E-state index in [1.807, 2.05) is 0 Å². The summed E-state index contributed by atoms with van der Waals surface area (Å²) in [4.78, 5) is 0. The van der Waals surface area contributed by atoms with Gasteiger partial charge in [0.15, 0.2) is 0 Å². The predicted octanol–water partition coefficient (Wildman–Crippen LogP) is 3.93. The maximum atomic E-state index is 5.45. The number of rotatable bonds is 11. The van der Waals surface area contributed by atoms with E-state index in [0.29, 0.717) is 19.3 Å². The Bertz CT molecular complexity index is 360. The number of halogens is 1. The molecule has 0 heterocycles. The van der Waals surface area contributed by atoms with E-state index >= 15 is 0 Å². The van der Waals surface area contributed by atoms with Gasteiger partial charge >= 0.3 is 0 Å². The van der Waals surface area contributed by atoms with E-state index in [1.165, 1.54) is 5.56 Å². The lowest BCUT2D eigenvalue weighted by atomic mass is 10.0. The van der Waals surface area contributed by atoms with Crippen molar-refractivity contribution in [3.63, 3.8) is 0 Å². The smallest absolute Gasteiger partial charge is 0.0700 e. The van der Waals surface area contributed by atoms with Gasteiger partial charge in [0.05, 0.1) is 13.2 Å². The Labute approximate surface area is 131 Å². The van der Waals surface area contributed by atoms with Crippen LogP contribution in [-0.4, -0.2) is 33.5 Å². The standard InChI is InChI=1S/C16H26BrNO2/c1-3-16(14-7-6-8-15(17)13-14)18-9-4-5-10-20-12-11-19-2/h6-8,13,16,18H,3-5,9-12H2,1-2H3. The van der Waals surface area contributed by atoms with E-state index in [9.17, 15) is 0 Å². The molecule has 4 heteroatoms. The van der Waals surface area contributed by atoms with Gasteiger partial charge < -0.3 is 14.8 Å². The zero-order chi connectivity index (χ0) is 14.6. The highest BCUT2D eigenvalue weighted by Gasteiger charge is 2.08. The van der Waals surface area contributed by atoms with Crippen molar-refractivity contribution in [2.75, 3.05) is 33.5 Å². The quantitative estimate of drug-likeness (QED) is 0.617. The van der Waals surface area contributed by atoms with E-state index in [0.717, 1.165) is 36.9 Å². The van der Waals surface area contributed by atoms with Crippen LogP contribution >= 0.6 is 15.9 Å². The summed E-state index contributed by atoms with van der Waals surface area (Å²) in [6, 6.07) is 8.96. The fourth-order valence-electron chi connectivity index (χ4n) is 2.07. The van der Waals surface area contributed by atoms with E-state index in [4.69, 9.17) is 9.47 Å². The Balaban J connectivity index is 2.16. The van der Waals surface area contributed by atoms with Crippen LogP contribution < -0.4 is 5.32 Å². The van der Waals surface area contributed by atoms with Crippen LogP contribution in [0.3, 0.4) is 0 Å². The van der Waals surface area contributed by atoms with Crippen LogP contribution in [0.1, 0.15) is 37.8 Å². The van der Waals surface area contributed by atoms with Crippen molar-refractivity contribution in [2.24, 2.45) is 0 Å². The van der Waals surface area contributed by atoms with Gasteiger partial charge in [-0.15, -0.1) is 0 Å². The van der Waals surface area contributed by atoms with Crippen LogP contribution in [0.5, 0.6) is 0 Å². The lowest BCUT2D eigenvalue weighted by molar-refractivity contribution is 0.0687. The first kappa shape index (κ1) is 17.6. The first-order valence-corrected chi connectivity index (χ1v) is 8.12. The van der Waals surface area contributed by atoms with Crippen molar-refractivity contribution in [2.45, 2.75) is 32.2 Å². The highest BCUT2D eigenvalue weighted by atomic mass is 79.9.